The van der Waals surface area contributed by atoms with Gasteiger partial charge in [-0.1, -0.05) is 17.3 Å². The van der Waals surface area contributed by atoms with Gasteiger partial charge in [0, 0.05) is 51.9 Å². The van der Waals surface area contributed by atoms with E-state index in [1.165, 1.54) is 0 Å². The van der Waals surface area contributed by atoms with Crippen LogP contribution in [0.4, 0.5) is 0 Å². The average molecular weight is 556 g/mol. The van der Waals surface area contributed by atoms with Crippen molar-refractivity contribution < 1.29 is 14.1 Å². The van der Waals surface area contributed by atoms with Crippen LogP contribution < -0.4 is 15.4 Å². The second kappa shape index (κ2) is 13.9. The lowest BCUT2D eigenvalue weighted by Crippen LogP contribution is -2.52. The normalized spacial score (nSPS) is 14.6. The third kappa shape index (κ3) is 8.30. The van der Waals surface area contributed by atoms with E-state index >= 15 is 0 Å². The number of piperazine rings is 1. The van der Waals surface area contributed by atoms with Crippen molar-refractivity contribution in [3.63, 3.8) is 0 Å². The number of ether oxygens (including phenoxy) is 1. The average Bonchev–Trinajstić information content (AvgIpc) is 3.29. The molecule has 32 heavy (non-hydrogen) atoms. The number of rotatable bonds is 9. The molecule has 2 aromatic rings. The summed E-state index contributed by atoms with van der Waals surface area (Å²) in [6.07, 6.45) is 1.61. The second-order valence-electron chi connectivity index (χ2n) is 7.31. The fraction of sp³-hybridized carbons (Fsp3) is 0.500. The van der Waals surface area contributed by atoms with Crippen molar-refractivity contribution >= 4 is 35.8 Å². The number of likely N-dealkylation sites (N-methyl/N-ethyl adjacent to an activating group) is 1. The first-order chi connectivity index (χ1) is 15.2. The lowest BCUT2D eigenvalue weighted by Gasteiger charge is -2.36. The van der Waals surface area contributed by atoms with Crippen LogP contribution in [0.15, 0.2) is 46.1 Å². The fourth-order valence-corrected chi connectivity index (χ4v) is 3.39. The van der Waals surface area contributed by atoms with E-state index in [2.05, 4.69) is 32.5 Å². The number of benzene rings is 1. The van der Waals surface area contributed by atoms with Crippen molar-refractivity contribution in [3.05, 3.63) is 47.9 Å². The maximum absolute atomic E-state index is 11.6. The summed E-state index contributed by atoms with van der Waals surface area (Å²) in [5.74, 6) is 1.46. The zero-order valence-electron chi connectivity index (χ0n) is 18.7. The Morgan fingerprint density at radius 2 is 1.94 bits per heavy atom. The molecule has 1 fully saturated rings. The van der Waals surface area contributed by atoms with E-state index in [1.807, 2.05) is 37.3 Å². The molecule has 0 spiro atoms. The fourth-order valence-electron chi connectivity index (χ4n) is 3.39. The van der Waals surface area contributed by atoms with Crippen LogP contribution >= 0.6 is 24.0 Å². The van der Waals surface area contributed by atoms with Gasteiger partial charge < -0.3 is 24.8 Å². The Bertz CT molecular complexity index is 838. The van der Waals surface area contributed by atoms with E-state index in [1.54, 1.807) is 6.26 Å². The van der Waals surface area contributed by atoms with E-state index in [0.29, 0.717) is 18.8 Å². The summed E-state index contributed by atoms with van der Waals surface area (Å²) in [4.78, 5) is 21.1. The number of amides is 1. The summed E-state index contributed by atoms with van der Waals surface area (Å²) < 4.78 is 10.5. The summed E-state index contributed by atoms with van der Waals surface area (Å²) in [5.41, 5.74) is 2.00. The number of guanidine groups is 1. The number of hydrogen-bond donors (Lipinski definition) is 2. The van der Waals surface area contributed by atoms with Gasteiger partial charge >= 0.3 is 0 Å². The number of halogens is 1. The molecule has 10 heteroatoms. The van der Waals surface area contributed by atoms with Crippen molar-refractivity contribution in [1.82, 2.24) is 25.6 Å². The van der Waals surface area contributed by atoms with Crippen LogP contribution in [0.1, 0.15) is 25.1 Å². The highest BCUT2D eigenvalue weighted by Gasteiger charge is 2.20. The maximum Gasteiger partial charge on any atom is 0.257 e. The highest BCUT2D eigenvalue weighted by Crippen LogP contribution is 2.14. The Balaban J connectivity index is 0.00000363. The largest absolute Gasteiger partial charge is 0.484 e. The van der Waals surface area contributed by atoms with Crippen molar-refractivity contribution in [2.75, 3.05) is 45.9 Å². The molecule has 0 radical (unpaired) electrons. The molecule has 1 aliphatic heterocycles. The van der Waals surface area contributed by atoms with Crippen molar-refractivity contribution in [2.24, 2.45) is 4.99 Å². The summed E-state index contributed by atoms with van der Waals surface area (Å²) in [6.45, 7) is 10.4. The Hall–Kier alpha value is -2.34. The molecule has 1 aromatic heterocycles. The number of hydrogen-bond acceptors (Lipinski definition) is 6. The number of carbonyl (C=O) groups excluding carboxylic acids is 1. The van der Waals surface area contributed by atoms with Gasteiger partial charge in [0.05, 0.1) is 12.2 Å². The number of nitrogens with zero attached hydrogens (tertiary/aromatic N) is 4. The van der Waals surface area contributed by atoms with Crippen LogP contribution in [0.25, 0.3) is 0 Å². The molecule has 0 bridgehead atoms. The Morgan fingerprint density at radius 1 is 1.16 bits per heavy atom. The predicted molar refractivity (Wildman–Crippen MR) is 134 cm³/mol. The molecule has 0 aliphatic carbocycles. The summed E-state index contributed by atoms with van der Waals surface area (Å²) in [5, 5.41) is 10.1. The zero-order valence-corrected chi connectivity index (χ0v) is 21.1. The molecule has 3 rings (SSSR count). The number of aromatic nitrogens is 1. The second-order valence-corrected chi connectivity index (χ2v) is 7.31. The monoisotopic (exact) mass is 556 g/mol. The molecule has 0 saturated carbocycles. The van der Waals surface area contributed by atoms with Crippen LogP contribution in [0, 0.1) is 0 Å². The van der Waals surface area contributed by atoms with E-state index in [0.717, 1.165) is 56.5 Å². The van der Waals surface area contributed by atoms with Crippen molar-refractivity contribution in [1.29, 1.82) is 0 Å². The number of aliphatic imine (C=N–C) groups is 1. The summed E-state index contributed by atoms with van der Waals surface area (Å²) >= 11 is 0. The van der Waals surface area contributed by atoms with Gasteiger partial charge in [-0.05, 0) is 31.5 Å². The smallest absolute Gasteiger partial charge is 0.257 e. The summed E-state index contributed by atoms with van der Waals surface area (Å²) in [6, 6.07) is 9.63. The molecule has 9 nitrogen and oxygen atoms in total. The van der Waals surface area contributed by atoms with Gasteiger partial charge in [-0.25, -0.2) is 4.99 Å². The van der Waals surface area contributed by atoms with Gasteiger partial charge in [0.25, 0.3) is 5.91 Å². The summed E-state index contributed by atoms with van der Waals surface area (Å²) in [7, 11) is 0. The SMILES string of the molecule is CCNC(=O)COc1cccc(CN=C(NCC)N2CCN(Cc3ccon3)CC2)c1.I. The third-order valence-electron chi connectivity index (χ3n) is 4.94. The Morgan fingerprint density at radius 3 is 2.62 bits per heavy atom. The van der Waals surface area contributed by atoms with Gasteiger partial charge in [0.1, 0.15) is 12.0 Å². The molecular weight excluding hydrogens is 523 g/mol. The molecule has 0 atom stereocenters. The molecule has 2 N–H and O–H groups in total. The Labute approximate surface area is 206 Å². The third-order valence-corrected chi connectivity index (χ3v) is 4.94. The molecule has 1 aromatic carbocycles. The highest BCUT2D eigenvalue weighted by atomic mass is 127. The molecule has 2 heterocycles. The molecule has 1 aliphatic rings. The van der Waals surface area contributed by atoms with Crippen LogP contribution in [-0.4, -0.2) is 72.7 Å². The first-order valence-corrected chi connectivity index (χ1v) is 10.8. The van der Waals surface area contributed by atoms with Crippen LogP contribution in [0.2, 0.25) is 0 Å². The first kappa shape index (κ1) is 25.9. The van der Waals surface area contributed by atoms with Gasteiger partial charge in [0.2, 0.25) is 0 Å². The van der Waals surface area contributed by atoms with Gasteiger partial charge in [-0.2, -0.15) is 0 Å². The Kier molecular flexibility index (Phi) is 11.3. The minimum Gasteiger partial charge on any atom is -0.484 e. The van der Waals surface area contributed by atoms with Crippen LogP contribution in [-0.2, 0) is 17.9 Å². The van der Waals surface area contributed by atoms with Gasteiger partial charge in [-0.15, -0.1) is 24.0 Å². The molecule has 1 amide bonds. The van der Waals surface area contributed by atoms with Gasteiger partial charge in [-0.3, -0.25) is 9.69 Å². The van der Waals surface area contributed by atoms with Gasteiger partial charge in [0.15, 0.2) is 12.6 Å². The minimum atomic E-state index is -0.122. The standard InChI is InChI=1S/C22H32N6O3.HI/c1-3-23-21(29)17-30-20-7-5-6-18(14-20)15-25-22(24-4-2)28-11-9-27(10-12-28)16-19-8-13-31-26-19;/h5-8,13-14H,3-4,9-12,15-17H2,1-2H3,(H,23,29)(H,24,25);1H. The first-order valence-electron chi connectivity index (χ1n) is 10.8. The maximum atomic E-state index is 11.6. The minimum absolute atomic E-state index is 0. The van der Waals surface area contributed by atoms with Crippen molar-refractivity contribution in [2.45, 2.75) is 26.9 Å². The lowest BCUT2D eigenvalue weighted by atomic mass is 10.2. The lowest BCUT2D eigenvalue weighted by molar-refractivity contribution is -0.122. The molecule has 176 valence electrons. The van der Waals surface area contributed by atoms with E-state index in [-0.39, 0.29) is 36.5 Å². The topological polar surface area (TPSA) is 95.2 Å². The quantitative estimate of drug-likeness (QED) is 0.278. The van der Waals surface area contributed by atoms with E-state index in [9.17, 15) is 4.79 Å². The predicted octanol–water partition coefficient (Wildman–Crippen LogP) is 2.09. The molecule has 1 saturated heterocycles. The highest BCUT2D eigenvalue weighted by molar-refractivity contribution is 14.0. The van der Waals surface area contributed by atoms with E-state index < -0.39 is 0 Å². The van der Waals surface area contributed by atoms with Crippen LogP contribution in [0.5, 0.6) is 5.75 Å². The number of nitrogens with one attached hydrogen (secondary N) is 2. The van der Waals surface area contributed by atoms with E-state index in [4.69, 9.17) is 14.3 Å². The number of carbonyl (C=O) groups is 1. The zero-order chi connectivity index (χ0) is 21.9. The molecular formula is C22H33IN6O3. The molecule has 0 unspecified atom stereocenters. The van der Waals surface area contributed by atoms with Crippen molar-refractivity contribution in [3.8, 4) is 5.75 Å². The van der Waals surface area contributed by atoms with Crippen LogP contribution in [0.3, 0.4) is 0 Å².